The number of piperidine rings is 1. The fourth-order valence-electron chi connectivity index (χ4n) is 4.56. The molecule has 0 aromatic heterocycles. The molecule has 7 heteroatoms. The van der Waals surface area contributed by atoms with Crippen LogP contribution >= 0.6 is 0 Å². The van der Waals surface area contributed by atoms with E-state index in [1.165, 1.54) is 12.1 Å². The summed E-state index contributed by atoms with van der Waals surface area (Å²) in [7, 11) is 0. The molecule has 146 valence electrons. The summed E-state index contributed by atoms with van der Waals surface area (Å²) in [6.07, 6.45) is 3.39. The van der Waals surface area contributed by atoms with Crippen LogP contribution in [0.25, 0.3) is 0 Å². The molecule has 0 bridgehead atoms. The second-order valence-corrected chi connectivity index (χ2v) is 8.03. The van der Waals surface area contributed by atoms with Gasteiger partial charge in [0.1, 0.15) is 17.7 Å². The average Bonchev–Trinajstić information content (AvgIpc) is 3.23. The maximum absolute atomic E-state index is 13.4. The standard InChI is InChI=1S/C20H24F2N2O3/c21-15-8-14(9-16(22)10-15)12-24-13-20(11-18(24)25)3-5-23(6-4-20)19(26)17-2-1-7-27-17/h8-10,17H,1-7,11-13H2/t17-/m0/s1. The topological polar surface area (TPSA) is 49.9 Å². The molecule has 0 N–H and O–H groups in total. The van der Waals surface area contributed by atoms with Crippen molar-refractivity contribution in [2.75, 3.05) is 26.2 Å². The molecule has 4 rings (SSSR count). The van der Waals surface area contributed by atoms with Crippen LogP contribution in [0.5, 0.6) is 0 Å². The van der Waals surface area contributed by atoms with Crippen molar-refractivity contribution < 1.29 is 23.1 Å². The van der Waals surface area contributed by atoms with Gasteiger partial charge < -0.3 is 14.5 Å². The van der Waals surface area contributed by atoms with E-state index in [-0.39, 0.29) is 29.9 Å². The molecule has 0 radical (unpaired) electrons. The van der Waals surface area contributed by atoms with Crippen molar-refractivity contribution in [3.05, 3.63) is 35.4 Å². The van der Waals surface area contributed by atoms with E-state index < -0.39 is 11.6 Å². The maximum atomic E-state index is 13.4. The molecule has 3 heterocycles. The number of halogens is 2. The van der Waals surface area contributed by atoms with Crippen molar-refractivity contribution in [1.82, 2.24) is 9.80 Å². The van der Waals surface area contributed by atoms with Crippen molar-refractivity contribution in [2.24, 2.45) is 5.41 Å². The number of carbonyl (C=O) groups excluding carboxylic acids is 2. The van der Waals surface area contributed by atoms with E-state index in [0.717, 1.165) is 31.7 Å². The van der Waals surface area contributed by atoms with Gasteiger partial charge in [-0.15, -0.1) is 0 Å². The second kappa shape index (κ2) is 7.19. The number of likely N-dealkylation sites (tertiary alicyclic amines) is 2. The van der Waals surface area contributed by atoms with E-state index in [0.29, 0.717) is 38.2 Å². The zero-order chi connectivity index (χ0) is 19.0. The van der Waals surface area contributed by atoms with E-state index in [1.54, 1.807) is 4.90 Å². The summed E-state index contributed by atoms with van der Waals surface area (Å²) in [6.45, 7) is 2.71. The van der Waals surface area contributed by atoms with Crippen molar-refractivity contribution in [1.29, 1.82) is 0 Å². The summed E-state index contributed by atoms with van der Waals surface area (Å²) in [5, 5.41) is 0. The van der Waals surface area contributed by atoms with Crippen LogP contribution in [-0.4, -0.2) is 54.0 Å². The van der Waals surface area contributed by atoms with E-state index in [4.69, 9.17) is 4.74 Å². The molecule has 2 amide bonds. The predicted molar refractivity (Wildman–Crippen MR) is 93.6 cm³/mol. The quantitative estimate of drug-likeness (QED) is 0.812. The summed E-state index contributed by atoms with van der Waals surface area (Å²) in [6, 6.07) is 3.37. The summed E-state index contributed by atoms with van der Waals surface area (Å²) in [5.41, 5.74) is 0.319. The Labute approximate surface area is 157 Å². The van der Waals surface area contributed by atoms with Crippen LogP contribution in [0.3, 0.4) is 0 Å². The highest BCUT2D eigenvalue weighted by Crippen LogP contribution is 2.41. The largest absolute Gasteiger partial charge is 0.368 e. The highest BCUT2D eigenvalue weighted by atomic mass is 19.1. The molecule has 3 saturated heterocycles. The molecule has 0 unspecified atom stereocenters. The van der Waals surface area contributed by atoms with Gasteiger partial charge in [0, 0.05) is 50.7 Å². The molecule has 1 aromatic rings. The Balaban J connectivity index is 1.37. The maximum Gasteiger partial charge on any atom is 0.251 e. The Kier molecular flexibility index (Phi) is 4.88. The number of benzene rings is 1. The van der Waals surface area contributed by atoms with Crippen molar-refractivity contribution in [3.63, 3.8) is 0 Å². The minimum atomic E-state index is -0.632. The van der Waals surface area contributed by atoms with Gasteiger partial charge in [-0.1, -0.05) is 0 Å². The van der Waals surface area contributed by atoms with Gasteiger partial charge in [0.15, 0.2) is 0 Å². The van der Waals surface area contributed by atoms with Crippen LogP contribution in [0.4, 0.5) is 8.78 Å². The van der Waals surface area contributed by atoms with Crippen LogP contribution in [0.1, 0.15) is 37.7 Å². The third kappa shape index (κ3) is 3.83. The Bertz CT molecular complexity index is 720. The van der Waals surface area contributed by atoms with Crippen LogP contribution < -0.4 is 0 Å². The number of ether oxygens (including phenoxy) is 1. The fraction of sp³-hybridized carbons (Fsp3) is 0.600. The zero-order valence-corrected chi connectivity index (χ0v) is 15.3. The lowest BCUT2D eigenvalue weighted by molar-refractivity contribution is -0.143. The number of amides is 2. The minimum Gasteiger partial charge on any atom is -0.368 e. The normalized spacial score (nSPS) is 24.8. The number of carbonyl (C=O) groups is 2. The van der Waals surface area contributed by atoms with Crippen LogP contribution in [-0.2, 0) is 20.9 Å². The number of hydrogen-bond donors (Lipinski definition) is 0. The SMILES string of the molecule is O=C1CC2(CCN(C(=O)[C@@H]3CCCO3)CC2)CN1Cc1cc(F)cc(F)c1. The third-order valence-electron chi connectivity index (χ3n) is 6.04. The van der Waals surface area contributed by atoms with E-state index in [1.807, 2.05) is 4.90 Å². The molecule has 3 fully saturated rings. The van der Waals surface area contributed by atoms with Gasteiger partial charge in [0.05, 0.1) is 0 Å². The Morgan fingerprint density at radius 1 is 1.19 bits per heavy atom. The van der Waals surface area contributed by atoms with Crippen molar-refractivity contribution in [2.45, 2.75) is 44.8 Å². The summed E-state index contributed by atoms with van der Waals surface area (Å²) in [4.78, 5) is 28.5. The molecule has 1 aromatic carbocycles. The molecule has 27 heavy (non-hydrogen) atoms. The highest BCUT2D eigenvalue weighted by Gasteiger charge is 2.46. The van der Waals surface area contributed by atoms with Gasteiger partial charge in [-0.25, -0.2) is 8.78 Å². The van der Waals surface area contributed by atoms with E-state index in [2.05, 4.69) is 0 Å². The summed E-state index contributed by atoms with van der Waals surface area (Å²) >= 11 is 0. The number of rotatable bonds is 3. The van der Waals surface area contributed by atoms with Crippen molar-refractivity contribution >= 4 is 11.8 Å². The highest BCUT2D eigenvalue weighted by molar-refractivity contribution is 5.82. The smallest absolute Gasteiger partial charge is 0.251 e. The first-order chi connectivity index (χ1) is 12.9. The molecule has 3 aliphatic rings. The van der Waals surface area contributed by atoms with Gasteiger partial charge in [-0.3, -0.25) is 9.59 Å². The molecular formula is C20H24F2N2O3. The Morgan fingerprint density at radius 3 is 2.52 bits per heavy atom. The summed E-state index contributed by atoms with van der Waals surface area (Å²) < 4.78 is 32.3. The van der Waals surface area contributed by atoms with E-state index in [9.17, 15) is 18.4 Å². The lowest BCUT2D eigenvalue weighted by Crippen LogP contribution is -2.47. The van der Waals surface area contributed by atoms with Crippen LogP contribution in [0, 0.1) is 17.0 Å². The lowest BCUT2D eigenvalue weighted by atomic mass is 9.77. The molecule has 0 saturated carbocycles. The molecule has 5 nitrogen and oxygen atoms in total. The second-order valence-electron chi connectivity index (χ2n) is 8.03. The summed E-state index contributed by atoms with van der Waals surface area (Å²) in [5.74, 6) is -1.18. The monoisotopic (exact) mass is 378 g/mol. The first-order valence-corrected chi connectivity index (χ1v) is 9.57. The van der Waals surface area contributed by atoms with Gasteiger partial charge in [-0.2, -0.15) is 0 Å². The predicted octanol–water partition coefficient (Wildman–Crippen LogP) is 2.48. The number of nitrogens with zero attached hydrogens (tertiary/aromatic N) is 2. The van der Waals surface area contributed by atoms with E-state index >= 15 is 0 Å². The third-order valence-corrected chi connectivity index (χ3v) is 6.04. The average molecular weight is 378 g/mol. The molecular weight excluding hydrogens is 354 g/mol. The Hall–Kier alpha value is -2.02. The van der Waals surface area contributed by atoms with Crippen molar-refractivity contribution in [3.8, 4) is 0 Å². The van der Waals surface area contributed by atoms with Gasteiger partial charge in [0.25, 0.3) is 5.91 Å². The zero-order valence-electron chi connectivity index (χ0n) is 15.3. The fourth-order valence-corrected chi connectivity index (χ4v) is 4.56. The van der Waals surface area contributed by atoms with Gasteiger partial charge >= 0.3 is 0 Å². The molecule has 1 atom stereocenters. The number of hydrogen-bond acceptors (Lipinski definition) is 3. The lowest BCUT2D eigenvalue weighted by Gasteiger charge is -2.39. The van der Waals surface area contributed by atoms with Gasteiger partial charge in [-0.05, 0) is 43.4 Å². The minimum absolute atomic E-state index is 0.0126. The molecule has 3 aliphatic heterocycles. The molecule has 1 spiro atoms. The first kappa shape index (κ1) is 18.3. The van der Waals surface area contributed by atoms with Crippen LogP contribution in [0.2, 0.25) is 0 Å². The first-order valence-electron chi connectivity index (χ1n) is 9.57. The molecule has 0 aliphatic carbocycles. The van der Waals surface area contributed by atoms with Crippen LogP contribution in [0.15, 0.2) is 18.2 Å². The van der Waals surface area contributed by atoms with Gasteiger partial charge in [0.2, 0.25) is 5.91 Å². The Morgan fingerprint density at radius 2 is 1.89 bits per heavy atom.